The number of anilines is 1. The molecule has 0 atom stereocenters. The third kappa shape index (κ3) is 2.64. The SMILES string of the molecule is CSC1(CNc2cc(Br)ncn2)CCC1. The van der Waals surface area contributed by atoms with Crippen LogP contribution in [0.15, 0.2) is 17.0 Å². The van der Waals surface area contributed by atoms with Crippen LogP contribution in [-0.4, -0.2) is 27.5 Å². The molecule has 0 bridgehead atoms. The molecule has 1 aliphatic rings. The largest absolute Gasteiger partial charge is 0.369 e. The van der Waals surface area contributed by atoms with E-state index >= 15 is 0 Å². The molecule has 0 unspecified atom stereocenters. The highest BCUT2D eigenvalue weighted by molar-refractivity contribution is 9.10. The summed E-state index contributed by atoms with van der Waals surface area (Å²) in [4.78, 5) is 8.17. The zero-order valence-electron chi connectivity index (χ0n) is 8.66. The number of rotatable bonds is 4. The van der Waals surface area contributed by atoms with Crippen LogP contribution in [0.5, 0.6) is 0 Å². The number of thioether (sulfide) groups is 1. The first-order valence-electron chi connectivity index (χ1n) is 5.01. The van der Waals surface area contributed by atoms with E-state index in [2.05, 4.69) is 37.5 Å². The van der Waals surface area contributed by atoms with Crippen molar-refractivity contribution in [2.24, 2.45) is 0 Å². The van der Waals surface area contributed by atoms with Crippen LogP contribution < -0.4 is 5.32 Å². The first-order chi connectivity index (χ1) is 7.24. The Labute approximate surface area is 103 Å². The predicted molar refractivity (Wildman–Crippen MR) is 68.3 cm³/mol. The number of nitrogens with one attached hydrogen (secondary N) is 1. The molecule has 5 heteroatoms. The van der Waals surface area contributed by atoms with E-state index in [4.69, 9.17) is 0 Å². The lowest BCUT2D eigenvalue weighted by Gasteiger charge is -2.40. The van der Waals surface area contributed by atoms with Gasteiger partial charge >= 0.3 is 0 Å². The first-order valence-corrected chi connectivity index (χ1v) is 7.02. The molecule has 1 N–H and O–H groups in total. The number of nitrogens with zero attached hydrogens (tertiary/aromatic N) is 2. The van der Waals surface area contributed by atoms with Crippen LogP contribution >= 0.6 is 27.7 Å². The maximum absolute atomic E-state index is 4.17. The Morgan fingerprint density at radius 1 is 1.53 bits per heavy atom. The van der Waals surface area contributed by atoms with Gasteiger partial charge in [0.05, 0.1) is 0 Å². The number of halogens is 1. The summed E-state index contributed by atoms with van der Waals surface area (Å²) in [5.74, 6) is 0.900. The molecular formula is C10H14BrN3S. The van der Waals surface area contributed by atoms with E-state index in [1.54, 1.807) is 6.33 Å². The third-order valence-electron chi connectivity index (χ3n) is 2.92. The standard InChI is InChI=1S/C10H14BrN3S/c1-15-10(3-2-4-10)6-12-9-5-8(11)13-7-14-9/h5,7H,2-4,6H2,1H3,(H,12,13,14). The van der Waals surface area contributed by atoms with E-state index in [-0.39, 0.29) is 0 Å². The van der Waals surface area contributed by atoms with Crippen molar-refractivity contribution in [3.05, 3.63) is 17.0 Å². The van der Waals surface area contributed by atoms with Crippen molar-refractivity contribution in [3.8, 4) is 0 Å². The average Bonchev–Trinajstić information content (AvgIpc) is 2.17. The van der Waals surface area contributed by atoms with Crippen molar-refractivity contribution in [3.63, 3.8) is 0 Å². The summed E-state index contributed by atoms with van der Waals surface area (Å²) in [6.45, 7) is 0.998. The van der Waals surface area contributed by atoms with Gasteiger partial charge in [-0.05, 0) is 35.0 Å². The van der Waals surface area contributed by atoms with Gasteiger partial charge in [-0.3, -0.25) is 0 Å². The Kier molecular flexibility index (Phi) is 3.51. The second-order valence-electron chi connectivity index (χ2n) is 3.82. The van der Waals surface area contributed by atoms with E-state index in [1.807, 2.05) is 17.8 Å². The Morgan fingerprint density at radius 2 is 2.33 bits per heavy atom. The Bertz CT molecular complexity index is 336. The molecule has 1 aliphatic carbocycles. The molecule has 0 radical (unpaired) electrons. The van der Waals surface area contributed by atoms with Crippen molar-refractivity contribution in [2.45, 2.75) is 24.0 Å². The second kappa shape index (κ2) is 4.70. The Balaban J connectivity index is 1.92. The molecule has 3 nitrogen and oxygen atoms in total. The molecule has 1 heterocycles. The second-order valence-corrected chi connectivity index (χ2v) is 5.91. The molecule has 0 amide bonds. The molecule has 82 valence electrons. The number of aromatic nitrogens is 2. The Hall–Kier alpha value is -0.290. The van der Waals surface area contributed by atoms with Crippen molar-refractivity contribution < 1.29 is 0 Å². The quantitative estimate of drug-likeness (QED) is 0.864. The van der Waals surface area contributed by atoms with Crippen LogP contribution in [0.2, 0.25) is 0 Å². The fraction of sp³-hybridized carbons (Fsp3) is 0.600. The summed E-state index contributed by atoms with van der Waals surface area (Å²) in [6.07, 6.45) is 7.74. The van der Waals surface area contributed by atoms with Gasteiger partial charge < -0.3 is 5.32 Å². The zero-order valence-corrected chi connectivity index (χ0v) is 11.1. The van der Waals surface area contributed by atoms with Gasteiger partial charge in [-0.1, -0.05) is 6.42 Å². The summed E-state index contributed by atoms with van der Waals surface area (Å²) in [6, 6.07) is 1.91. The van der Waals surface area contributed by atoms with Crippen LogP contribution in [-0.2, 0) is 0 Å². The average molecular weight is 288 g/mol. The number of hydrogen-bond donors (Lipinski definition) is 1. The van der Waals surface area contributed by atoms with Gasteiger partial charge in [-0.2, -0.15) is 11.8 Å². The lowest BCUT2D eigenvalue weighted by molar-refractivity contribution is 0.379. The molecule has 2 rings (SSSR count). The lowest BCUT2D eigenvalue weighted by atomic mass is 9.84. The van der Waals surface area contributed by atoms with E-state index in [9.17, 15) is 0 Å². The molecule has 15 heavy (non-hydrogen) atoms. The van der Waals surface area contributed by atoms with Crippen molar-refractivity contribution in [1.82, 2.24) is 9.97 Å². The molecule has 1 aromatic heterocycles. The number of hydrogen-bond acceptors (Lipinski definition) is 4. The van der Waals surface area contributed by atoms with Crippen molar-refractivity contribution in [2.75, 3.05) is 18.1 Å². The molecule has 1 saturated carbocycles. The first kappa shape index (κ1) is 11.2. The summed E-state index contributed by atoms with van der Waals surface area (Å²) >= 11 is 5.30. The Morgan fingerprint density at radius 3 is 2.87 bits per heavy atom. The van der Waals surface area contributed by atoms with Crippen LogP contribution in [0.4, 0.5) is 5.82 Å². The van der Waals surface area contributed by atoms with Crippen LogP contribution in [0.25, 0.3) is 0 Å². The third-order valence-corrected chi connectivity index (χ3v) is 4.78. The van der Waals surface area contributed by atoms with Gasteiger partial charge in [0.1, 0.15) is 16.7 Å². The highest BCUT2D eigenvalue weighted by Gasteiger charge is 2.35. The minimum Gasteiger partial charge on any atom is -0.369 e. The summed E-state index contributed by atoms with van der Waals surface area (Å²) in [7, 11) is 0. The highest BCUT2D eigenvalue weighted by Crippen LogP contribution is 2.42. The van der Waals surface area contributed by atoms with Gasteiger partial charge in [0.25, 0.3) is 0 Å². The minimum absolute atomic E-state index is 0.442. The fourth-order valence-corrected chi connectivity index (χ4v) is 2.93. The van der Waals surface area contributed by atoms with Crippen molar-refractivity contribution in [1.29, 1.82) is 0 Å². The maximum Gasteiger partial charge on any atom is 0.130 e. The highest BCUT2D eigenvalue weighted by atomic mass is 79.9. The van der Waals surface area contributed by atoms with Gasteiger partial charge in [-0.25, -0.2) is 9.97 Å². The van der Waals surface area contributed by atoms with Gasteiger partial charge in [0, 0.05) is 17.4 Å². The normalized spacial score (nSPS) is 18.3. The summed E-state index contributed by atoms with van der Waals surface area (Å²) in [5, 5.41) is 3.38. The zero-order chi connectivity index (χ0) is 10.7. The van der Waals surface area contributed by atoms with E-state index in [0.717, 1.165) is 17.0 Å². The molecule has 0 spiro atoms. The lowest BCUT2D eigenvalue weighted by Crippen LogP contribution is -2.40. The topological polar surface area (TPSA) is 37.8 Å². The van der Waals surface area contributed by atoms with Crippen LogP contribution in [0.3, 0.4) is 0 Å². The van der Waals surface area contributed by atoms with E-state index in [0.29, 0.717) is 4.75 Å². The van der Waals surface area contributed by atoms with Gasteiger partial charge in [0.2, 0.25) is 0 Å². The van der Waals surface area contributed by atoms with Crippen molar-refractivity contribution >= 4 is 33.5 Å². The van der Waals surface area contributed by atoms with Crippen LogP contribution in [0, 0.1) is 0 Å². The molecule has 0 aromatic carbocycles. The predicted octanol–water partition coefficient (Wildman–Crippen LogP) is 2.94. The molecule has 1 aromatic rings. The fourth-order valence-electron chi connectivity index (χ4n) is 1.71. The summed E-state index contributed by atoms with van der Waals surface area (Å²) < 4.78 is 1.27. The van der Waals surface area contributed by atoms with E-state index < -0.39 is 0 Å². The minimum atomic E-state index is 0.442. The van der Waals surface area contributed by atoms with E-state index in [1.165, 1.54) is 19.3 Å². The monoisotopic (exact) mass is 287 g/mol. The molecule has 0 aliphatic heterocycles. The van der Waals surface area contributed by atoms with Crippen LogP contribution in [0.1, 0.15) is 19.3 Å². The van der Waals surface area contributed by atoms with Gasteiger partial charge in [-0.15, -0.1) is 0 Å². The van der Waals surface area contributed by atoms with Gasteiger partial charge in [0.15, 0.2) is 0 Å². The smallest absolute Gasteiger partial charge is 0.130 e. The molecular weight excluding hydrogens is 274 g/mol. The molecule has 1 fully saturated rings. The maximum atomic E-state index is 4.17. The summed E-state index contributed by atoms with van der Waals surface area (Å²) in [5.41, 5.74) is 0. The molecule has 0 saturated heterocycles.